The van der Waals surface area contributed by atoms with Crippen LogP contribution in [0.4, 0.5) is 0 Å². The summed E-state index contributed by atoms with van der Waals surface area (Å²) in [6, 6.07) is 2.57. The highest BCUT2D eigenvalue weighted by atomic mass is 16.3. The second-order valence-electron chi connectivity index (χ2n) is 2.96. The molecule has 0 fully saturated rings. The van der Waals surface area contributed by atoms with Gasteiger partial charge in [-0.25, -0.2) is 0 Å². The van der Waals surface area contributed by atoms with Crippen molar-refractivity contribution in [2.45, 2.75) is 13.0 Å². The molecule has 0 radical (unpaired) electrons. The lowest BCUT2D eigenvalue weighted by molar-refractivity contribution is 0.264. The SMILES string of the molecule is Cc1ccc(C(N)CO)c(O)c1O. The predicted molar refractivity (Wildman–Crippen MR) is 48.5 cm³/mol. The zero-order valence-electron chi connectivity index (χ0n) is 7.36. The summed E-state index contributed by atoms with van der Waals surface area (Å²) in [4.78, 5) is 0. The van der Waals surface area contributed by atoms with Crippen LogP contribution in [0.5, 0.6) is 11.5 Å². The van der Waals surface area contributed by atoms with Gasteiger partial charge in [0.05, 0.1) is 12.6 Å². The van der Waals surface area contributed by atoms with Gasteiger partial charge in [0.15, 0.2) is 11.5 Å². The fraction of sp³-hybridized carbons (Fsp3) is 0.333. The molecule has 0 aliphatic rings. The lowest BCUT2D eigenvalue weighted by Gasteiger charge is -2.12. The number of phenols is 2. The molecule has 1 rings (SSSR count). The zero-order chi connectivity index (χ0) is 10.0. The zero-order valence-corrected chi connectivity index (χ0v) is 7.36. The van der Waals surface area contributed by atoms with Crippen molar-refractivity contribution in [2.24, 2.45) is 5.73 Å². The molecule has 5 N–H and O–H groups in total. The maximum Gasteiger partial charge on any atom is 0.162 e. The van der Waals surface area contributed by atoms with Gasteiger partial charge in [-0.3, -0.25) is 0 Å². The largest absolute Gasteiger partial charge is 0.504 e. The van der Waals surface area contributed by atoms with E-state index in [-0.39, 0.29) is 18.1 Å². The van der Waals surface area contributed by atoms with Crippen LogP contribution in [0.2, 0.25) is 0 Å². The summed E-state index contributed by atoms with van der Waals surface area (Å²) in [7, 11) is 0. The first-order chi connectivity index (χ1) is 6.07. The van der Waals surface area contributed by atoms with E-state index >= 15 is 0 Å². The Morgan fingerprint density at radius 1 is 1.31 bits per heavy atom. The molecule has 4 heteroatoms. The molecule has 0 amide bonds. The van der Waals surface area contributed by atoms with Crippen molar-refractivity contribution in [1.82, 2.24) is 0 Å². The van der Waals surface area contributed by atoms with E-state index in [1.54, 1.807) is 19.1 Å². The van der Waals surface area contributed by atoms with Crippen LogP contribution < -0.4 is 5.73 Å². The molecule has 0 bridgehead atoms. The van der Waals surface area contributed by atoms with Crippen molar-refractivity contribution in [3.05, 3.63) is 23.3 Å². The second kappa shape index (κ2) is 3.64. The molecule has 0 saturated carbocycles. The Morgan fingerprint density at radius 2 is 1.92 bits per heavy atom. The molecule has 1 atom stereocenters. The number of hydrogen-bond acceptors (Lipinski definition) is 4. The maximum absolute atomic E-state index is 9.44. The number of aromatic hydroxyl groups is 2. The number of benzene rings is 1. The Balaban J connectivity index is 3.18. The molecule has 0 aromatic heterocycles. The van der Waals surface area contributed by atoms with Gasteiger partial charge in [-0.05, 0) is 12.5 Å². The van der Waals surface area contributed by atoms with Crippen LogP contribution in [0.25, 0.3) is 0 Å². The lowest BCUT2D eigenvalue weighted by Crippen LogP contribution is -2.14. The van der Waals surface area contributed by atoms with E-state index in [4.69, 9.17) is 10.8 Å². The summed E-state index contributed by atoms with van der Waals surface area (Å²) < 4.78 is 0. The monoisotopic (exact) mass is 183 g/mol. The topological polar surface area (TPSA) is 86.7 Å². The van der Waals surface area contributed by atoms with E-state index in [0.29, 0.717) is 11.1 Å². The Bertz CT molecular complexity index is 312. The fourth-order valence-corrected chi connectivity index (χ4v) is 1.09. The van der Waals surface area contributed by atoms with E-state index in [1.165, 1.54) is 0 Å². The first-order valence-corrected chi connectivity index (χ1v) is 3.95. The fourth-order valence-electron chi connectivity index (χ4n) is 1.09. The van der Waals surface area contributed by atoms with Crippen LogP contribution in [0.3, 0.4) is 0 Å². The highest BCUT2D eigenvalue weighted by Gasteiger charge is 2.14. The van der Waals surface area contributed by atoms with Gasteiger partial charge in [-0.2, -0.15) is 0 Å². The van der Waals surface area contributed by atoms with Crippen LogP contribution in [-0.2, 0) is 0 Å². The minimum absolute atomic E-state index is 0.179. The third-order valence-corrected chi connectivity index (χ3v) is 1.98. The van der Waals surface area contributed by atoms with Crippen LogP contribution >= 0.6 is 0 Å². The summed E-state index contributed by atoms with van der Waals surface area (Å²) in [5.41, 5.74) is 6.42. The number of rotatable bonds is 2. The Morgan fingerprint density at radius 3 is 2.46 bits per heavy atom. The number of aliphatic hydroxyl groups excluding tert-OH is 1. The highest BCUT2D eigenvalue weighted by molar-refractivity contribution is 5.50. The maximum atomic E-state index is 9.44. The van der Waals surface area contributed by atoms with E-state index in [2.05, 4.69) is 0 Å². The highest BCUT2D eigenvalue weighted by Crippen LogP contribution is 2.34. The van der Waals surface area contributed by atoms with Crippen molar-refractivity contribution >= 4 is 0 Å². The van der Waals surface area contributed by atoms with Gasteiger partial charge in [-0.15, -0.1) is 0 Å². The number of hydrogen-bond donors (Lipinski definition) is 4. The van der Waals surface area contributed by atoms with Crippen molar-refractivity contribution in [3.63, 3.8) is 0 Å². The van der Waals surface area contributed by atoms with Crippen molar-refractivity contribution in [1.29, 1.82) is 0 Å². The molecule has 0 spiro atoms. The number of nitrogens with two attached hydrogens (primary N) is 1. The lowest BCUT2D eigenvalue weighted by atomic mass is 10.0. The molecule has 0 heterocycles. The van der Waals surface area contributed by atoms with Crippen molar-refractivity contribution in [2.75, 3.05) is 6.61 Å². The van der Waals surface area contributed by atoms with E-state index in [9.17, 15) is 10.2 Å². The molecular weight excluding hydrogens is 170 g/mol. The summed E-state index contributed by atoms with van der Waals surface area (Å²) in [5, 5.41) is 27.5. The molecule has 4 nitrogen and oxygen atoms in total. The number of aliphatic hydroxyl groups is 1. The first-order valence-electron chi connectivity index (χ1n) is 3.95. The van der Waals surface area contributed by atoms with Gasteiger partial charge in [0.1, 0.15) is 0 Å². The smallest absolute Gasteiger partial charge is 0.162 e. The molecule has 0 aliphatic carbocycles. The normalized spacial score (nSPS) is 12.8. The van der Waals surface area contributed by atoms with Crippen molar-refractivity contribution in [3.8, 4) is 11.5 Å². The van der Waals surface area contributed by atoms with Gasteiger partial charge in [-0.1, -0.05) is 12.1 Å². The van der Waals surface area contributed by atoms with Crippen LogP contribution in [-0.4, -0.2) is 21.9 Å². The van der Waals surface area contributed by atoms with Crippen LogP contribution in [0.1, 0.15) is 17.2 Å². The summed E-state index contributed by atoms with van der Waals surface area (Å²) in [6.07, 6.45) is 0. The summed E-state index contributed by atoms with van der Waals surface area (Å²) >= 11 is 0. The van der Waals surface area contributed by atoms with Crippen molar-refractivity contribution < 1.29 is 15.3 Å². The molecule has 0 aliphatic heterocycles. The first kappa shape index (κ1) is 9.83. The number of phenolic OH excluding ortho intramolecular Hbond substituents is 2. The predicted octanol–water partition coefficient (Wildman–Crippen LogP) is 0.398. The minimum Gasteiger partial charge on any atom is -0.504 e. The van der Waals surface area contributed by atoms with Gasteiger partial charge >= 0.3 is 0 Å². The molecule has 13 heavy (non-hydrogen) atoms. The quantitative estimate of drug-likeness (QED) is 0.500. The van der Waals surface area contributed by atoms with Gasteiger partial charge < -0.3 is 21.1 Å². The third kappa shape index (κ3) is 1.74. The molecule has 1 aromatic carbocycles. The Labute approximate surface area is 76.2 Å². The Kier molecular flexibility index (Phi) is 2.75. The van der Waals surface area contributed by atoms with Crippen LogP contribution in [0, 0.1) is 6.92 Å². The molecule has 0 saturated heterocycles. The Hall–Kier alpha value is -1.26. The molecular formula is C9H13NO3. The van der Waals surface area contributed by atoms with Crippen LogP contribution in [0.15, 0.2) is 12.1 Å². The van der Waals surface area contributed by atoms with E-state index < -0.39 is 6.04 Å². The van der Waals surface area contributed by atoms with E-state index in [1.807, 2.05) is 0 Å². The average molecular weight is 183 g/mol. The average Bonchev–Trinajstić information content (AvgIpc) is 2.13. The van der Waals surface area contributed by atoms with E-state index in [0.717, 1.165) is 0 Å². The molecule has 1 unspecified atom stereocenters. The van der Waals surface area contributed by atoms with Gasteiger partial charge in [0.25, 0.3) is 0 Å². The minimum atomic E-state index is -0.661. The summed E-state index contributed by atoms with van der Waals surface area (Å²) in [6.45, 7) is 1.40. The number of aryl methyl sites for hydroxylation is 1. The van der Waals surface area contributed by atoms with Gasteiger partial charge in [0, 0.05) is 5.56 Å². The summed E-state index contributed by atoms with van der Waals surface area (Å²) in [5.74, 6) is -0.428. The second-order valence-corrected chi connectivity index (χ2v) is 2.96. The molecule has 72 valence electrons. The standard InChI is InChI=1S/C9H13NO3/c1-5-2-3-6(7(10)4-11)9(13)8(5)12/h2-3,7,11-13H,4,10H2,1H3. The van der Waals surface area contributed by atoms with Gasteiger partial charge in [0.2, 0.25) is 0 Å². The molecule has 1 aromatic rings. The third-order valence-electron chi connectivity index (χ3n) is 1.98.